The number of carbonyl (C=O) groups excluding carboxylic acids is 2. The Bertz CT molecular complexity index is 2370. The number of likely N-dealkylation sites (N-methyl/N-ethyl adjacent to an activating group) is 1. The number of alkyl halides is 3. The third-order valence-electron chi connectivity index (χ3n) is 12.8. The van der Waals surface area contributed by atoms with E-state index >= 15 is 4.39 Å². The van der Waals surface area contributed by atoms with Crippen LogP contribution in [0.4, 0.5) is 40.7 Å². The third kappa shape index (κ3) is 10.4. The lowest BCUT2D eigenvalue weighted by Gasteiger charge is -2.39. The molecule has 2 amide bonds. The molecule has 64 heavy (non-hydrogen) atoms. The first-order chi connectivity index (χ1) is 30.6. The summed E-state index contributed by atoms with van der Waals surface area (Å²) in [4.78, 5) is 52.9. The van der Waals surface area contributed by atoms with Gasteiger partial charge in [-0.3, -0.25) is 28.8 Å². The first kappa shape index (κ1) is 47.2. The number of rotatable bonds is 13. The fourth-order valence-electron chi connectivity index (χ4n) is 9.15. The summed E-state index contributed by atoms with van der Waals surface area (Å²) in [5.74, 6) is -1.08. The molecule has 2 atom stereocenters. The fourth-order valence-corrected chi connectivity index (χ4v) is 10.0. The van der Waals surface area contributed by atoms with E-state index in [-0.39, 0.29) is 48.1 Å². The highest BCUT2D eigenvalue weighted by atomic mass is 32.2. The van der Waals surface area contributed by atoms with Crippen LogP contribution in [-0.4, -0.2) is 113 Å². The summed E-state index contributed by atoms with van der Waals surface area (Å²) >= 11 is 1.54. The summed E-state index contributed by atoms with van der Waals surface area (Å²) in [7, 11) is 4.60. The van der Waals surface area contributed by atoms with Crippen molar-refractivity contribution in [1.82, 2.24) is 34.0 Å². The van der Waals surface area contributed by atoms with E-state index in [4.69, 9.17) is 9.84 Å². The van der Waals surface area contributed by atoms with Crippen molar-refractivity contribution in [3.05, 3.63) is 64.0 Å². The molecule has 348 valence electrons. The summed E-state index contributed by atoms with van der Waals surface area (Å²) in [6.45, 7) is 7.73. The standard InChI is InChI=1S/C43H54F4N10O4S.CH4O/c1-25-6-5-15-56(24-25)39-31(43(45,46)47)23-48-41(51-39)49-32-8-7-30(20-26(32)2)62-52-27-21-29(22-27)61-19-18-53(3)28-13-16-55(17-14-28)33-9-10-34-38(37(33)44)54(4)42(60)57(34)35-11-12-36(58)50-40(35)59;1-2/h7-10,20,23,25,27-29,35,52H,5-6,11-19,21-22,24H2,1-4H3,(H,48,49,51)(H,50,58,59);2H,1H3. The highest BCUT2D eigenvalue weighted by Crippen LogP contribution is 2.38. The summed E-state index contributed by atoms with van der Waals surface area (Å²) in [5.41, 5.74) is 1.23. The molecule has 0 radical (unpaired) electrons. The number of nitrogens with one attached hydrogen (secondary N) is 3. The van der Waals surface area contributed by atoms with Crippen molar-refractivity contribution in [2.75, 3.05) is 68.6 Å². The average molecular weight is 915 g/mol. The Balaban J connectivity index is 0.00000302. The summed E-state index contributed by atoms with van der Waals surface area (Å²) in [5, 5.41) is 12.4. The van der Waals surface area contributed by atoms with Crippen molar-refractivity contribution >= 4 is 57.9 Å². The molecule has 5 heterocycles. The SMILES string of the molecule is CO.Cc1cc(SNC2CC(OCCN(C)C3CCN(c4ccc5c(c4F)n(C)c(=O)n5C4CCC(=O)NC4=O)CC3)C2)ccc1Nc1ncc(C(F)(F)F)c(N2CCCC(C)C2)n1. The van der Waals surface area contributed by atoms with E-state index in [2.05, 4.69) is 37.3 Å². The molecule has 3 aliphatic heterocycles. The molecule has 8 rings (SSSR count). The van der Waals surface area contributed by atoms with Crippen LogP contribution in [0.3, 0.4) is 0 Å². The molecular weight excluding hydrogens is 857 g/mol. The van der Waals surface area contributed by atoms with Crippen LogP contribution in [0.5, 0.6) is 0 Å². The van der Waals surface area contributed by atoms with Gasteiger partial charge in [-0.1, -0.05) is 6.92 Å². The number of nitrogens with zero attached hydrogens (tertiary/aromatic N) is 7. The maximum absolute atomic E-state index is 16.1. The van der Waals surface area contributed by atoms with Gasteiger partial charge >= 0.3 is 11.9 Å². The number of hydrogen-bond donors (Lipinski definition) is 4. The lowest BCUT2D eigenvalue weighted by molar-refractivity contribution is -0.138. The number of benzene rings is 2. The van der Waals surface area contributed by atoms with Crippen LogP contribution < -0.4 is 30.8 Å². The maximum Gasteiger partial charge on any atom is 0.421 e. The monoisotopic (exact) mass is 914 g/mol. The number of imide groups is 1. The second-order valence-corrected chi connectivity index (χ2v) is 18.2. The molecule has 15 nitrogen and oxygen atoms in total. The second-order valence-electron chi connectivity index (χ2n) is 17.2. The highest BCUT2D eigenvalue weighted by Gasteiger charge is 2.38. The van der Waals surface area contributed by atoms with Crippen molar-refractivity contribution in [2.45, 2.75) is 101 Å². The smallest absolute Gasteiger partial charge is 0.400 e. The van der Waals surface area contributed by atoms with E-state index in [9.17, 15) is 27.6 Å². The lowest BCUT2D eigenvalue weighted by Crippen LogP contribution is -2.46. The molecular formula is C44H58F4N10O5S. The molecule has 2 aromatic heterocycles. The number of ether oxygens (including phenoxy) is 1. The van der Waals surface area contributed by atoms with Crippen molar-refractivity contribution in [2.24, 2.45) is 13.0 Å². The molecule has 4 fully saturated rings. The number of imidazole rings is 1. The highest BCUT2D eigenvalue weighted by molar-refractivity contribution is 7.97. The molecule has 1 saturated carbocycles. The van der Waals surface area contributed by atoms with Gasteiger partial charge in [-0.25, -0.2) is 14.2 Å². The largest absolute Gasteiger partial charge is 0.421 e. The van der Waals surface area contributed by atoms with E-state index in [0.717, 1.165) is 74.5 Å². The van der Waals surface area contributed by atoms with Gasteiger partial charge in [-0.2, -0.15) is 18.2 Å². The minimum absolute atomic E-state index is 0.0762. The number of piperidine rings is 3. The number of fused-ring (bicyclic) bond motifs is 1. The van der Waals surface area contributed by atoms with E-state index < -0.39 is 35.2 Å². The number of carbonyl (C=O) groups is 2. The van der Waals surface area contributed by atoms with Gasteiger partial charge in [0.2, 0.25) is 17.8 Å². The molecule has 0 spiro atoms. The Morgan fingerprint density at radius 1 is 1.03 bits per heavy atom. The minimum atomic E-state index is -4.55. The number of aliphatic hydroxyl groups excluding tert-OH is 1. The van der Waals surface area contributed by atoms with Gasteiger partial charge in [0.25, 0.3) is 0 Å². The predicted octanol–water partition coefficient (Wildman–Crippen LogP) is 5.91. The summed E-state index contributed by atoms with van der Waals surface area (Å²) in [6, 6.07) is 9.00. The van der Waals surface area contributed by atoms with Crippen molar-refractivity contribution < 1.29 is 37.0 Å². The van der Waals surface area contributed by atoms with Gasteiger partial charge < -0.3 is 29.9 Å². The van der Waals surface area contributed by atoms with Gasteiger partial charge in [-0.15, -0.1) is 0 Å². The van der Waals surface area contributed by atoms with Crippen LogP contribution in [0.1, 0.15) is 75.5 Å². The Hall–Kier alpha value is -4.76. The van der Waals surface area contributed by atoms with E-state index in [1.165, 1.54) is 16.2 Å². The fraction of sp³-hybridized carbons (Fsp3) is 0.568. The topological polar surface area (TPSA) is 162 Å². The zero-order valence-electron chi connectivity index (χ0n) is 36.9. The predicted molar refractivity (Wildman–Crippen MR) is 238 cm³/mol. The summed E-state index contributed by atoms with van der Waals surface area (Å²) in [6.07, 6.45) is 2.10. The Labute approximate surface area is 374 Å². The van der Waals surface area contributed by atoms with Crippen molar-refractivity contribution in [1.29, 1.82) is 0 Å². The zero-order valence-corrected chi connectivity index (χ0v) is 37.7. The Kier molecular flexibility index (Phi) is 14.9. The van der Waals surface area contributed by atoms with E-state index in [1.807, 2.05) is 36.9 Å². The van der Waals surface area contributed by atoms with Crippen LogP contribution in [0.2, 0.25) is 0 Å². The number of hydrogen-bond acceptors (Lipinski definition) is 13. The minimum Gasteiger partial charge on any atom is -0.400 e. The Morgan fingerprint density at radius 2 is 1.78 bits per heavy atom. The normalized spacial score (nSPS) is 22.0. The van der Waals surface area contributed by atoms with Crippen molar-refractivity contribution in [3.63, 3.8) is 0 Å². The molecule has 20 heteroatoms. The first-order valence-electron chi connectivity index (χ1n) is 21.9. The van der Waals surface area contributed by atoms with Gasteiger partial charge in [0.05, 0.1) is 23.9 Å². The maximum atomic E-state index is 16.1. The van der Waals surface area contributed by atoms with Crippen LogP contribution >= 0.6 is 11.9 Å². The zero-order chi connectivity index (χ0) is 45.9. The van der Waals surface area contributed by atoms with E-state index in [1.54, 1.807) is 29.0 Å². The number of aryl methyl sites for hydroxylation is 2. The van der Waals surface area contributed by atoms with Gasteiger partial charge in [0.15, 0.2) is 5.82 Å². The van der Waals surface area contributed by atoms with Gasteiger partial charge in [0, 0.05) is 82.2 Å². The van der Waals surface area contributed by atoms with Crippen molar-refractivity contribution in [3.8, 4) is 0 Å². The molecule has 1 aliphatic carbocycles. The molecule has 0 bridgehead atoms. The third-order valence-corrected chi connectivity index (χ3v) is 13.8. The number of aromatic nitrogens is 4. The van der Waals surface area contributed by atoms with Crippen LogP contribution in [0, 0.1) is 18.7 Å². The van der Waals surface area contributed by atoms with Crippen LogP contribution in [0.15, 0.2) is 46.2 Å². The quantitative estimate of drug-likeness (QED) is 0.0713. The molecule has 2 unspecified atom stereocenters. The van der Waals surface area contributed by atoms with Gasteiger partial charge in [0.1, 0.15) is 22.9 Å². The summed E-state index contributed by atoms with van der Waals surface area (Å²) < 4.78 is 70.0. The molecule has 4 aromatic rings. The first-order valence-corrected chi connectivity index (χ1v) is 22.7. The molecule has 4 aliphatic rings. The number of aliphatic hydroxyl groups is 1. The Morgan fingerprint density at radius 3 is 2.47 bits per heavy atom. The van der Waals surface area contributed by atoms with Crippen LogP contribution in [0.25, 0.3) is 11.0 Å². The second kappa shape index (κ2) is 20.2. The number of anilines is 4. The number of amides is 2. The molecule has 2 aromatic carbocycles. The molecule has 4 N–H and O–H groups in total. The van der Waals surface area contributed by atoms with Crippen LogP contribution in [-0.2, 0) is 27.5 Å². The average Bonchev–Trinajstić information content (AvgIpc) is 3.51. The van der Waals surface area contributed by atoms with E-state index in [0.29, 0.717) is 56.1 Å². The lowest BCUT2D eigenvalue weighted by atomic mass is 9.90. The molecule has 3 saturated heterocycles. The number of halogens is 4. The van der Waals surface area contributed by atoms with Gasteiger partial charge in [-0.05, 0) is 113 Å².